The molecule has 0 aliphatic rings. The Kier molecular flexibility index (Phi) is 8.54. The Morgan fingerprint density at radius 3 is 1.50 bits per heavy atom. The molecule has 131 valence electrons. The minimum absolute atomic E-state index is 0.0281. The predicted molar refractivity (Wildman–Crippen MR) is 86.3 cm³/mol. The first-order valence-electron chi connectivity index (χ1n) is 7.99. The zero-order chi connectivity index (χ0) is 17.9. The maximum Gasteiger partial charge on any atom is 0.310 e. The summed E-state index contributed by atoms with van der Waals surface area (Å²) in [6, 6.07) is 6.41. The zero-order valence-electron chi connectivity index (χ0n) is 14.3. The second kappa shape index (κ2) is 10.4. The van der Waals surface area contributed by atoms with Gasteiger partial charge in [0.2, 0.25) is 0 Å². The minimum Gasteiger partial charge on any atom is -0.466 e. The van der Waals surface area contributed by atoms with E-state index in [4.69, 9.17) is 14.2 Å². The summed E-state index contributed by atoms with van der Waals surface area (Å²) in [4.78, 5) is 35.0. The first-order valence-corrected chi connectivity index (χ1v) is 7.99. The van der Waals surface area contributed by atoms with E-state index in [2.05, 4.69) is 6.07 Å². The van der Waals surface area contributed by atoms with Gasteiger partial charge in [-0.3, -0.25) is 14.4 Å². The SMILES string of the molecule is CCOC(=O)Cc1[c]c(CC(=O)OCC)cc(CC(=O)OCC)c1. The highest BCUT2D eigenvalue weighted by Gasteiger charge is 2.13. The third-order valence-electron chi connectivity index (χ3n) is 2.97. The van der Waals surface area contributed by atoms with Gasteiger partial charge < -0.3 is 14.2 Å². The summed E-state index contributed by atoms with van der Waals surface area (Å²) in [6.07, 6.45) is 0.120. The Labute approximate surface area is 142 Å². The van der Waals surface area contributed by atoms with Crippen molar-refractivity contribution in [1.29, 1.82) is 0 Å². The van der Waals surface area contributed by atoms with Crippen LogP contribution in [0.5, 0.6) is 0 Å². The molecule has 0 unspecified atom stereocenters. The van der Waals surface area contributed by atoms with E-state index in [-0.39, 0.29) is 50.4 Å². The molecule has 0 atom stereocenters. The van der Waals surface area contributed by atoms with Crippen molar-refractivity contribution in [3.8, 4) is 0 Å². The fourth-order valence-corrected chi connectivity index (χ4v) is 2.17. The van der Waals surface area contributed by atoms with Crippen molar-refractivity contribution in [3.63, 3.8) is 0 Å². The summed E-state index contributed by atoms with van der Waals surface area (Å²) in [5.41, 5.74) is 1.79. The van der Waals surface area contributed by atoms with Gasteiger partial charge in [-0.25, -0.2) is 0 Å². The molecule has 1 rings (SSSR count). The maximum absolute atomic E-state index is 11.7. The molecule has 0 spiro atoms. The quantitative estimate of drug-likeness (QED) is 0.506. The van der Waals surface area contributed by atoms with Gasteiger partial charge in [0, 0.05) is 0 Å². The lowest BCUT2D eigenvalue weighted by Gasteiger charge is -2.09. The number of rotatable bonds is 9. The number of hydrogen-bond donors (Lipinski definition) is 0. The number of hydrogen-bond acceptors (Lipinski definition) is 6. The number of ether oxygens (including phenoxy) is 3. The van der Waals surface area contributed by atoms with Crippen molar-refractivity contribution in [2.75, 3.05) is 19.8 Å². The van der Waals surface area contributed by atoms with Crippen LogP contribution < -0.4 is 0 Å². The molecule has 0 saturated carbocycles. The van der Waals surface area contributed by atoms with E-state index in [1.165, 1.54) is 0 Å². The molecule has 0 amide bonds. The van der Waals surface area contributed by atoms with E-state index in [1.807, 2.05) is 0 Å². The van der Waals surface area contributed by atoms with Crippen molar-refractivity contribution in [2.45, 2.75) is 40.0 Å². The van der Waals surface area contributed by atoms with Crippen LogP contribution in [0, 0.1) is 6.07 Å². The van der Waals surface area contributed by atoms with Crippen LogP contribution in [0.15, 0.2) is 12.1 Å². The molecule has 0 aliphatic heterocycles. The smallest absolute Gasteiger partial charge is 0.310 e. The molecule has 1 radical (unpaired) electrons. The van der Waals surface area contributed by atoms with Crippen LogP contribution in [0.4, 0.5) is 0 Å². The van der Waals surface area contributed by atoms with Crippen LogP contribution in [0.1, 0.15) is 37.5 Å². The number of carbonyl (C=O) groups is 3. The largest absolute Gasteiger partial charge is 0.466 e. The minimum atomic E-state index is -0.385. The fourth-order valence-electron chi connectivity index (χ4n) is 2.17. The van der Waals surface area contributed by atoms with Gasteiger partial charge in [0.05, 0.1) is 39.1 Å². The van der Waals surface area contributed by atoms with Crippen molar-refractivity contribution >= 4 is 17.9 Å². The van der Waals surface area contributed by atoms with Gasteiger partial charge in [-0.05, 0) is 43.5 Å². The van der Waals surface area contributed by atoms with Gasteiger partial charge in [-0.1, -0.05) is 12.1 Å². The van der Waals surface area contributed by atoms with E-state index in [0.29, 0.717) is 23.3 Å². The second-order valence-corrected chi connectivity index (χ2v) is 4.98. The van der Waals surface area contributed by atoms with Crippen LogP contribution in [0.3, 0.4) is 0 Å². The second-order valence-electron chi connectivity index (χ2n) is 4.98. The van der Waals surface area contributed by atoms with Gasteiger partial charge >= 0.3 is 17.9 Å². The van der Waals surface area contributed by atoms with Crippen molar-refractivity contribution in [2.24, 2.45) is 0 Å². The Morgan fingerprint density at radius 2 is 1.12 bits per heavy atom. The normalized spacial score (nSPS) is 10.1. The van der Waals surface area contributed by atoms with Crippen LogP contribution in [-0.4, -0.2) is 37.7 Å². The number of benzene rings is 1. The van der Waals surface area contributed by atoms with Crippen molar-refractivity contribution < 1.29 is 28.6 Å². The van der Waals surface area contributed by atoms with Crippen molar-refractivity contribution in [1.82, 2.24) is 0 Å². The Balaban J connectivity index is 2.97. The highest BCUT2D eigenvalue weighted by atomic mass is 16.5. The molecule has 0 aliphatic carbocycles. The molecule has 0 heterocycles. The Hall–Kier alpha value is -2.37. The standard InChI is InChI=1S/C18H23O6/c1-4-22-16(19)10-13-7-14(11-17(20)23-5-2)9-15(8-13)12-18(21)24-6-3/h7-8H,4-6,10-12H2,1-3H3. The third-order valence-corrected chi connectivity index (χ3v) is 2.97. The predicted octanol–water partition coefficient (Wildman–Crippen LogP) is 1.80. The van der Waals surface area contributed by atoms with Gasteiger partial charge in [0.15, 0.2) is 0 Å². The van der Waals surface area contributed by atoms with Gasteiger partial charge in [-0.2, -0.15) is 0 Å². The van der Waals surface area contributed by atoms with Gasteiger partial charge in [0.25, 0.3) is 0 Å². The molecule has 0 bridgehead atoms. The van der Waals surface area contributed by atoms with Crippen LogP contribution in [-0.2, 0) is 47.9 Å². The van der Waals surface area contributed by atoms with E-state index in [0.717, 1.165) is 0 Å². The molecule has 24 heavy (non-hydrogen) atoms. The molecular weight excluding hydrogens is 312 g/mol. The van der Waals surface area contributed by atoms with E-state index in [1.54, 1.807) is 32.9 Å². The summed E-state index contributed by atoms with van der Waals surface area (Å²) in [5, 5.41) is 0. The lowest BCUT2D eigenvalue weighted by atomic mass is 10.00. The van der Waals surface area contributed by atoms with E-state index < -0.39 is 0 Å². The third kappa shape index (κ3) is 7.26. The van der Waals surface area contributed by atoms with Crippen molar-refractivity contribution in [3.05, 3.63) is 34.9 Å². The summed E-state index contributed by atoms with van der Waals surface area (Å²) >= 11 is 0. The molecule has 0 saturated heterocycles. The molecule has 6 nitrogen and oxygen atoms in total. The monoisotopic (exact) mass is 335 g/mol. The topological polar surface area (TPSA) is 78.9 Å². The molecule has 0 N–H and O–H groups in total. The highest BCUT2D eigenvalue weighted by molar-refractivity contribution is 5.76. The number of carbonyl (C=O) groups excluding carboxylic acids is 3. The molecule has 0 aromatic heterocycles. The summed E-state index contributed by atoms with van der Waals surface area (Å²) in [7, 11) is 0. The van der Waals surface area contributed by atoms with Crippen LogP contribution in [0.2, 0.25) is 0 Å². The van der Waals surface area contributed by atoms with E-state index in [9.17, 15) is 14.4 Å². The summed E-state index contributed by atoms with van der Waals surface area (Å²) in [6.45, 7) is 6.06. The fraction of sp³-hybridized carbons (Fsp3) is 0.500. The maximum atomic E-state index is 11.7. The Morgan fingerprint density at radius 1 is 0.750 bits per heavy atom. The molecule has 6 heteroatoms. The Bertz CT molecular complexity index is 486. The lowest BCUT2D eigenvalue weighted by molar-refractivity contribution is -0.143. The number of esters is 3. The first kappa shape index (κ1) is 19.7. The average molecular weight is 335 g/mol. The first-order chi connectivity index (χ1) is 11.5. The summed E-state index contributed by atoms with van der Waals surface area (Å²) in [5.74, 6) is -1.14. The van der Waals surface area contributed by atoms with E-state index >= 15 is 0 Å². The van der Waals surface area contributed by atoms with Gasteiger partial charge in [0.1, 0.15) is 0 Å². The van der Waals surface area contributed by atoms with Crippen LogP contribution >= 0.6 is 0 Å². The van der Waals surface area contributed by atoms with Gasteiger partial charge in [-0.15, -0.1) is 0 Å². The summed E-state index contributed by atoms with van der Waals surface area (Å²) < 4.78 is 14.8. The zero-order valence-corrected chi connectivity index (χ0v) is 14.3. The lowest BCUT2D eigenvalue weighted by Crippen LogP contribution is -2.12. The molecule has 1 aromatic carbocycles. The molecule has 0 fully saturated rings. The average Bonchev–Trinajstić information content (AvgIpc) is 2.47. The molecular formula is C18H23O6. The highest BCUT2D eigenvalue weighted by Crippen LogP contribution is 2.14. The molecule has 1 aromatic rings. The van der Waals surface area contributed by atoms with Crippen LogP contribution in [0.25, 0.3) is 0 Å².